The Hall–Kier alpha value is -4.28. The van der Waals surface area contributed by atoms with E-state index in [1.807, 2.05) is 56.4 Å². The molecular weight excluding hydrogens is 434 g/mol. The van der Waals surface area contributed by atoms with E-state index in [9.17, 15) is 9.59 Å². The van der Waals surface area contributed by atoms with Crippen LogP contribution in [0, 0.1) is 12.8 Å². The third kappa shape index (κ3) is 3.96. The number of amides is 1. The lowest BCUT2D eigenvalue weighted by molar-refractivity contribution is -0.120. The number of carbonyl (C=O) groups is 1. The first kappa shape index (κ1) is 21.6. The standard InChI is InChI=1S/C23H25N9O2/c1-16-21(23(34)32(29(16)2)18-6-4-3-5-7-18)26-22(33)17-10-12-30(13-11-17)19-8-9-20(28-27-19)31-15-24-14-25-31/h3-9,14-15,17H,10-13H2,1-2H3,(H,26,33). The van der Waals surface area contributed by atoms with Gasteiger partial charge in [0.2, 0.25) is 5.91 Å². The molecule has 4 aromatic rings. The Kier molecular flexibility index (Phi) is 5.66. The van der Waals surface area contributed by atoms with E-state index in [-0.39, 0.29) is 17.4 Å². The predicted octanol–water partition coefficient (Wildman–Crippen LogP) is 1.71. The molecule has 0 spiro atoms. The van der Waals surface area contributed by atoms with Crippen LogP contribution in [-0.2, 0) is 11.8 Å². The Bertz CT molecular complexity index is 1330. The van der Waals surface area contributed by atoms with Gasteiger partial charge < -0.3 is 10.2 Å². The fourth-order valence-corrected chi connectivity index (χ4v) is 4.24. The number of piperidine rings is 1. The van der Waals surface area contributed by atoms with Gasteiger partial charge in [0.05, 0.1) is 11.4 Å². The molecule has 0 aliphatic carbocycles. The second kappa shape index (κ2) is 8.93. The minimum atomic E-state index is -0.236. The van der Waals surface area contributed by atoms with Crippen molar-refractivity contribution in [2.75, 3.05) is 23.3 Å². The van der Waals surface area contributed by atoms with E-state index < -0.39 is 0 Å². The van der Waals surface area contributed by atoms with Gasteiger partial charge in [0, 0.05) is 26.1 Å². The number of nitrogens with one attached hydrogen (secondary N) is 1. The number of aromatic nitrogens is 7. The number of carbonyl (C=O) groups excluding carboxylic acids is 1. The van der Waals surface area contributed by atoms with E-state index in [1.165, 1.54) is 6.33 Å². The van der Waals surface area contributed by atoms with Gasteiger partial charge in [0.25, 0.3) is 5.56 Å². The van der Waals surface area contributed by atoms with Crippen molar-refractivity contribution in [2.45, 2.75) is 19.8 Å². The maximum atomic E-state index is 13.1. The van der Waals surface area contributed by atoms with Gasteiger partial charge in [-0.3, -0.25) is 14.3 Å². The van der Waals surface area contributed by atoms with Crippen molar-refractivity contribution in [3.63, 3.8) is 0 Å². The molecule has 0 unspecified atom stereocenters. The monoisotopic (exact) mass is 459 g/mol. The third-order valence-corrected chi connectivity index (χ3v) is 6.28. The molecular formula is C23H25N9O2. The molecule has 1 aliphatic heterocycles. The number of hydrogen-bond donors (Lipinski definition) is 1. The van der Waals surface area contributed by atoms with Gasteiger partial charge >= 0.3 is 0 Å². The molecule has 11 heteroatoms. The van der Waals surface area contributed by atoms with Crippen molar-refractivity contribution < 1.29 is 4.79 Å². The largest absolute Gasteiger partial charge is 0.355 e. The topological polar surface area (TPSA) is 116 Å². The number of anilines is 2. The normalized spacial score (nSPS) is 14.4. The van der Waals surface area contributed by atoms with Crippen LogP contribution in [0.15, 0.2) is 59.9 Å². The van der Waals surface area contributed by atoms with E-state index in [4.69, 9.17) is 0 Å². The first-order valence-corrected chi connectivity index (χ1v) is 11.1. The van der Waals surface area contributed by atoms with Crippen LogP contribution in [0.2, 0.25) is 0 Å². The summed E-state index contributed by atoms with van der Waals surface area (Å²) in [5, 5.41) is 15.5. The number of para-hydroxylation sites is 1. The zero-order valence-electron chi connectivity index (χ0n) is 19.0. The summed E-state index contributed by atoms with van der Waals surface area (Å²) in [7, 11) is 1.81. The maximum absolute atomic E-state index is 13.1. The van der Waals surface area contributed by atoms with E-state index in [0.717, 1.165) is 11.5 Å². The highest BCUT2D eigenvalue weighted by atomic mass is 16.2. The summed E-state index contributed by atoms with van der Waals surface area (Å²) in [4.78, 5) is 32.1. The molecule has 1 amide bonds. The van der Waals surface area contributed by atoms with Crippen LogP contribution in [0.25, 0.3) is 11.5 Å². The Balaban J connectivity index is 1.24. The molecule has 1 aromatic carbocycles. The second-order valence-electron chi connectivity index (χ2n) is 8.28. The molecule has 5 rings (SSSR count). The average Bonchev–Trinajstić information content (AvgIpc) is 3.49. The fraction of sp³-hybridized carbons (Fsp3) is 0.304. The Labute approximate surface area is 195 Å². The van der Waals surface area contributed by atoms with Crippen LogP contribution in [-0.4, -0.2) is 53.3 Å². The van der Waals surface area contributed by atoms with Crippen LogP contribution in [0.4, 0.5) is 11.5 Å². The summed E-state index contributed by atoms with van der Waals surface area (Å²) in [6.07, 6.45) is 4.34. The molecule has 1 saturated heterocycles. The molecule has 34 heavy (non-hydrogen) atoms. The fourth-order valence-electron chi connectivity index (χ4n) is 4.24. The summed E-state index contributed by atoms with van der Waals surface area (Å²) in [5.74, 6) is 1.04. The van der Waals surface area contributed by atoms with E-state index in [2.05, 4.69) is 30.5 Å². The lowest BCUT2D eigenvalue weighted by Crippen LogP contribution is -2.39. The molecule has 174 valence electrons. The molecule has 4 heterocycles. The summed E-state index contributed by atoms with van der Waals surface area (Å²) in [5.41, 5.74) is 1.55. The van der Waals surface area contributed by atoms with E-state index in [0.29, 0.717) is 43.1 Å². The summed E-state index contributed by atoms with van der Waals surface area (Å²) >= 11 is 0. The Morgan fingerprint density at radius 2 is 1.74 bits per heavy atom. The van der Waals surface area contributed by atoms with E-state index in [1.54, 1.807) is 20.4 Å². The molecule has 3 aromatic heterocycles. The highest BCUT2D eigenvalue weighted by Gasteiger charge is 2.28. The first-order valence-electron chi connectivity index (χ1n) is 11.1. The van der Waals surface area contributed by atoms with Crippen LogP contribution in [0.1, 0.15) is 18.5 Å². The SMILES string of the molecule is Cc1c(NC(=O)C2CCN(c3ccc(-n4cncn4)nn3)CC2)c(=O)n(-c2ccccc2)n1C. The predicted molar refractivity (Wildman–Crippen MR) is 126 cm³/mol. The minimum Gasteiger partial charge on any atom is -0.355 e. The maximum Gasteiger partial charge on any atom is 0.295 e. The molecule has 0 radical (unpaired) electrons. The van der Waals surface area contributed by atoms with Crippen LogP contribution in [0.5, 0.6) is 0 Å². The van der Waals surface area contributed by atoms with Gasteiger partial charge in [0.15, 0.2) is 11.6 Å². The number of rotatable bonds is 5. The molecule has 0 atom stereocenters. The van der Waals surface area contributed by atoms with Gasteiger partial charge in [0.1, 0.15) is 18.3 Å². The molecule has 1 aliphatic rings. The number of nitrogens with zero attached hydrogens (tertiary/aromatic N) is 8. The zero-order chi connectivity index (χ0) is 23.7. The van der Waals surface area contributed by atoms with Gasteiger partial charge in [-0.05, 0) is 44.0 Å². The van der Waals surface area contributed by atoms with Gasteiger partial charge in [-0.2, -0.15) is 5.10 Å². The van der Waals surface area contributed by atoms with Crippen molar-refractivity contribution in [2.24, 2.45) is 13.0 Å². The molecule has 11 nitrogen and oxygen atoms in total. The van der Waals surface area contributed by atoms with Gasteiger partial charge in [-0.1, -0.05) is 18.2 Å². The smallest absolute Gasteiger partial charge is 0.295 e. The molecule has 1 fully saturated rings. The second-order valence-corrected chi connectivity index (χ2v) is 8.28. The summed E-state index contributed by atoms with van der Waals surface area (Å²) in [6.45, 7) is 3.19. The van der Waals surface area contributed by atoms with Crippen molar-refractivity contribution in [3.05, 3.63) is 71.2 Å². The molecule has 1 N–H and O–H groups in total. The Morgan fingerprint density at radius 1 is 1.03 bits per heavy atom. The van der Waals surface area contributed by atoms with Crippen molar-refractivity contribution in [3.8, 4) is 11.5 Å². The molecule has 0 saturated carbocycles. The van der Waals surface area contributed by atoms with Crippen LogP contribution in [0.3, 0.4) is 0 Å². The highest BCUT2D eigenvalue weighted by Crippen LogP contribution is 2.23. The highest BCUT2D eigenvalue weighted by molar-refractivity contribution is 5.93. The number of hydrogen-bond acceptors (Lipinski definition) is 7. The first-order chi connectivity index (χ1) is 16.5. The Morgan fingerprint density at radius 3 is 2.38 bits per heavy atom. The van der Waals surface area contributed by atoms with Crippen molar-refractivity contribution in [1.82, 2.24) is 34.3 Å². The van der Waals surface area contributed by atoms with E-state index >= 15 is 0 Å². The summed E-state index contributed by atoms with van der Waals surface area (Å²) < 4.78 is 4.87. The summed E-state index contributed by atoms with van der Waals surface area (Å²) in [6, 6.07) is 13.1. The van der Waals surface area contributed by atoms with Crippen molar-refractivity contribution in [1.29, 1.82) is 0 Å². The van der Waals surface area contributed by atoms with Crippen molar-refractivity contribution >= 4 is 17.4 Å². The van der Waals surface area contributed by atoms with Crippen LogP contribution >= 0.6 is 0 Å². The lowest BCUT2D eigenvalue weighted by atomic mass is 9.96. The van der Waals surface area contributed by atoms with Gasteiger partial charge in [-0.15, -0.1) is 10.2 Å². The van der Waals surface area contributed by atoms with Crippen LogP contribution < -0.4 is 15.8 Å². The quantitative estimate of drug-likeness (QED) is 0.483. The van der Waals surface area contributed by atoms with Gasteiger partial charge in [-0.25, -0.2) is 14.3 Å². The third-order valence-electron chi connectivity index (χ3n) is 6.28. The minimum absolute atomic E-state index is 0.127. The molecule has 0 bridgehead atoms. The average molecular weight is 460 g/mol. The number of benzene rings is 1. The zero-order valence-corrected chi connectivity index (χ0v) is 19.0. The lowest BCUT2D eigenvalue weighted by Gasteiger charge is -2.31.